The lowest BCUT2D eigenvalue weighted by Gasteiger charge is -2.36. The van der Waals surface area contributed by atoms with Gasteiger partial charge in [-0.05, 0) is 59.2 Å². The summed E-state index contributed by atoms with van der Waals surface area (Å²) in [5.74, 6) is -0.568. The smallest absolute Gasteiger partial charge is 0.242 e. The maximum absolute atomic E-state index is 12.4. The van der Waals surface area contributed by atoms with Gasteiger partial charge in [0.25, 0.3) is 0 Å². The van der Waals surface area contributed by atoms with Crippen LogP contribution in [-0.4, -0.2) is 54.0 Å². The lowest BCUT2D eigenvalue weighted by Crippen LogP contribution is -2.58. The van der Waals surface area contributed by atoms with Crippen LogP contribution in [0.25, 0.3) is 0 Å². The number of likely N-dealkylation sites (tertiary alicyclic amines) is 1. The third-order valence-electron chi connectivity index (χ3n) is 4.43. The summed E-state index contributed by atoms with van der Waals surface area (Å²) in [6.45, 7) is 6.30. The van der Waals surface area contributed by atoms with Gasteiger partial charge in [0.1, 0.15) is 5.54 Å². The van der Waals surface area contributed by atoms with E-state index in [1.165, 1.54) is 0 Å². The summed E-state index contributed by atoms with van der Waals surface area (Å²) in [4.78, 5) is 26.1. The van der Waals surface area contributed by atoms with Gasteiger partial charge in [0.2, 0.25) is 11.8 Å². The SMILES string of the molecule is CC(C)(NC(=O)C1CCCN1C1CCNCC1)C(N)=O. The maximum atomic E-state index is 12.4. The fourth-order valence-corrected chi connectivity index (χ4v) is 3.10. The minimum absolute atomic E-state index is 0.0650. The summed E-state index contributed by atoms with van der Waals surface area (Å²) in [6, 6.07) is 0.364. The van der Waals surface area contributed by atoms with Crippen molar-refractivity contribution in [2.75, 3.05) is 19.6 Å². The number of primary amides is 1. The molecule has 2 fully saturated rings. The normalized spacial score (nSPS) is 25.6. The predicted molar refractivity (Wildman–Crippen MR) is 77.0 cm³/mol. The number of nitrogens with zero attached hydrogens (tertiary/aromatic N) is 1. The zero-order valence-electron chi connectivity index (χ0n) is 12.4. The molecule has 6 heteroatoms. The van der Waals surface area contributed by atoms with Gasteiger partial charge < -0.3 is 16.4 Å². The molecule has 2 aliphatic rings. The first-order valence-electron chi connectivity index (χ1n) is 7.50. The molecule has 0 bridgehead atoms. The van der Waals surface area contributed by atoms with Crippen molar-refractivity contribution in [3.05, 3.63) is 0 Å². The molecule has 2 amide bonds. The van der Waals surface area contributed by atoms with E-state index < -0.39 is 11.4 Å². The Bertz CT molecular complexity index is 377. The number of amides is 2. The molecule has 2 heterocycles. The second-order valence-electron chi connectivity index (χ2n) is 6.36. The van der Waals surface area contributed by atoms with E-state index in [2.05, 4.69) is 15.5 Å². The van der Waals surface area contributed by atoms with Crippen LogP contribution in [0.15, 0.2) is 0 Å². The summed E-state index contributed by atoms with van der Waals surface area (Å²) < 4.78 is 0. The Morgan fingerprint density at radius 3 is 2.50 bits per heavy atom. The second kappa shape index (κ2) is 6.10. The fourth-order valence-electron chi connectivity index (χ4n) is 3.10. The van der Waals surface area contributed by atoms with Crippen molar-refractivity contribution in [3.63, 3.8) is 0 Å². The van der Waals surface area contributed by atoms with E-state index in [1.54, 1.807) is 13.8 Å². The van der Waals surface area contributed by atoms with Crippen LogP contribution in [0, 0.1) is 0 Å². The van der Waals surface area contributed by atoms with Crippen LogP contribution in [0.1, 0.15) is 39.5 Å². The van der Waals surface area contributed by atoms with Crippen molar-refractivity contribution in [1.29, 1.82) is 0 Å². The van der Waals surface area contributed by atoms with E-state index in [0.717, 1.165) is 45.3 Å². The number of carbonyl (C=O) groups excluding carboxylic acids is 2. The largest absolute Gasteiger partial charge is 0.368 e. The topological polar surface area (TPSA) is 87.5 Å². The van der Waals surface area contributed by atoms with Gasteiger partial charge in [-0.3, -0.25) is 14.5 Å². The summed E-state index contributed by atoms with van der Waals surface area (Å²) >= 11 is 0. The highest BCUT2D eigenvalue weighted by Gasteiger charge is 2.38. The molecule has 0 aromatic heterocycles. The van der Waals surface area contributed by atoms with E-state index in [1.807, 2.05) is 0 Å². The van der Waals surface area contributed by atoms with Crippen LogP contribution < -0.4 is 16.4 Å². The minimum Gasteiger partial charge on any atom is -0.368 e. The molecule has 0 radical (unpaired) electrons. The molecule has 0 aliphatic carbocycles. The molecule has 2 rings (SSSR count). The van der Waals surface area contributed by atoms with Crippen molar-refractivity contribution in [2.24, 2.45) is 5.73 Å². The number of carbonyl (C=O) groups is 2. The van der Waals surface area contributed by atoms with E-state index in [0.29, 0.717) is 6.04 Å². The zero-order valence-corrected chi connectivity index (χ0v) is 12.4. The standard InChI is InChI=1S/C14H26N4O2/c1-14(2,13(15)20)17-12(19)11-4-3-9-18(11)10-5-7-16-8-6-10/h10-11,16H,3-9H2,1-2H3,(H2,15,20)(H,17,19). The lowest BCUT2D eigenvalue weighted by atomic mass is 10.0. The number of hydrogen-bond acceptors (Lipinski definition) is 4. The van der Waals surface area contributed by atoms with Gasteiger partial charge in [0.15, 0.2) is 0 Å². The number of piperidine rings is 1. The van der Waals surface area contributed by atoms with Crippen molar-refractivity contribution in [3.8, 4) is 0 Å². The van der Waals surface area contributed by atoms with E-state index in [-0.39, 0.29) is 11.9 Å². The number of nitrogens with one attached hydrogen (secondary N) is 2. The first kappa shape index (κ1) is 15.3. The number of hydrogen-bond donors (Lipinski definition) is 3. The van der Waals surface area contributed by atoms with Crippen molar-refractivity contribution in [1.82, 2.24) is 15.5 Å². The fraction of sp³-hybridized carbons (Fsp3) is 0.857. The van der Waals surface area contributed by atoms with Crippen LogP contribution >= 0.6 is 0 Å². The highest BCUT2D eigenvalue weighted by molar-refractivity contribution is 5.91. The Morgan fingerprint density at radius 2 is 1.90 bits per heavy atom. The highest BCUT2D eigenvalue weighted by atomic mass is 16.2. The molecular formula is C14H26N4O2. The number of nitrogens with two attached hydrogens (primary N) is 1. The predicted octanol–water partition coefficient (Wildman–Crippen LogP) is -0.417. The Kier molecular flexibility index (Phi) is 4.65. The third kappa shape index (κ3) is 3.30. The summed E-state index contributed by atoms with van der Waals surface area (Å²) in [6.07, 6.45) is 4.08. The Morgan fingerprint density at radius 1 is 1.25 bits per heavy atom. The van der Waals surface area contributed by atoms with Crippen LogP contribution in [-0.2, 0) is 9.59 Å². The van der Waals surface area contributed by atoms with Crippen molar-refractivity contribution >= 4 is 11.8 Å². The molecule has 1 atom stereocenters. The van der Waals surface area contributed by atoms with Crippen molar-refractivity contribution < 1.29 is 9.59 Å². The average molecular weight is 282 g/mol. The molecule has 0 aromatic rings. The molecule has 4 N–H and O–H groups in total. The second-order valence-corrected chi connectivity index (χ2v) is 6.36. The van der Waals surface area contributed by atoms with Crippen molar-refractivity contribution in [2.45, 2.75) is 57.2 Å². The zero-order chi connectivity index (χ0) is 14.8. The Hall–Kier alpha value is -1.14. The Balaban J connectivity index is 1.99. The van der Waals surface area contributed by atoms with Gasteiger partial charge in [-0.2, -0.15) is 0 Å². The molecule has 0 aromatic carbocycles. The Labute approximate surface area is 120 Å². The lowest BCUT2D eigenvalue weighted by molar-refractivity contribution is -0.133. The molecule has 2 saturated heterocycles. The maximum Gasteiger partial charge on any atom is 0.242 e. The quantitative estimate of drug-likeness (QED) is 0.654. The van der Waals surface area contributed by atoms with Gasteiger partial charge in [-0.25, -0.2) is 0 Å². The van der Waals surface area contributed by atoms with Crippen LogP contribution in [0.5, 0.6) is 0 Å². The van der Waals surface area contributed by atoms with E-state index in [4.69, 9.17) is 5.73 Å². The molecular weight excluding hydrogens is 256 g/mol. The first-order valence-corrected chi connectivity index (χ1v) is 7.50. The van der Waals surface area contributed by atoms with E-state index in [9.17, 15) is 9.59 Å². The average Bonchev–Trinajstić information content (AvgIpc) is 2.88. The summed E-state index contributed by atoms with van der Waals surface area (Å²) in [7, 11) is 0. The van der Waals surface area contributed by atoms with Crippen LogP contribution in [0.2, 0.25) is 0 Å². The van der Waals surface area contributed by atoms with E-state index >= 15 is 0 Å². The number of rotatable bonds is 4. The molecule has 0 saturated carbocycles. The van der Waals surface area contributed by atoms with Gasteiger partial charge >= 0.3 is 0 Å². The molecule has 0 spiro atoms. The van der Waals surface area contributed by atoms with Gasteiger partial charge in [0, 0.05) is 6.04 Å². The first-order chi connectivity index (χ1) is 9.42. The highest BCUT2D eigenvalue weighted by Crippen LogP contribution is 2.25. The van der Waals surface area contributed by atoms with Crippen LogP contribution in [0.4, 0.5) is 0 Å². The molecule has 6 nitrogen and oxygen atoms in total. The monoisotopic (exact) mass is 282 g/mol. The van der Waals surface area contributed by atoms with Gasteiger partial charge in [-0.15, -0.1) is 0 Å². The summed E-state index contributed by atoms with van der Waals surface area (Å²) in [5, 5.41) is 6.14. The molecule has 1 unspecified atom stereocenters. The minimum atomic E-state index is -0.987. The molecule has 20 heavy (non-hydrogen) atoms. The van der Waals surface area contributed by atoms with Gasteiger partial charge in [-0.1, -0.05) is 0 Å². The van der Waals surface area contributed by atoms with Crippen LogP contribution in [0.3, 0.4) is 0 Å². The molecule has 114 valence electrons. The van der Waals surface area contributed by atoms with Gasteiger partial charge in [0.05, 0.1) is 6.04 Å². The third-order valence-corrected chi connectivity index (χ3v) is 4.43. The summed E-state index contributed by atoms with van der Waals surface area (Å²) in [5.41, 5.74) is 4.33. The molecule has 2 aliphatic heterocycles.